The zero-order valence-corrected chi connectivity index (χ0v) is 15.3. The third-order valence-corrected chi connectivity index (χ3v) is 4.99. The molecule has 2 aromatic carbocycles. The van der Waals surface area contributed by atoms with E-state index in [9.17, 15) is 4.79 Å². The molecule has 1 N–H and O–H groups in total. The van der Waals surface area contributed by atoms with Crippen LogP contribution in [-0.2, 0) is 0 Å². The SMILES string of the molecule is CC(C)c1ccc(-c2csc(NC(=O)c3ccc4c(c3)OCO4)n2)cc1. The predicted molar refractivity (Wildman–Crippen MR) is 102 cm³/mol. The molecule has 2 heterocycles. The minimum atomic E-state index is -0.223. The first kappa shape index (κ1) is 16.6. The number of nitrogens with zero attached hydrogens (tertiary/aromatic N) is 1. The van der Waals surface area contributed by atoms with Gasteiger partial charge in [0.2, 0.25) is 6.79 Å². The van der Waals surface area contributed by atoms with Crippen LogP contribution in [0.5, 0.6) is 11.5 Å². The normalized spacial score (nSPS) is 12.4. The lowest BCUT2D eigenvalue weighted by Gasteiger charge is -2.05. The highest BCUT2D eigenvalue weighted by Crippen LogP contribution is 2.33. The van der Waals surface area contributed by atoms with Crippen LogP contribution in [0.2, 0.25) is 0 Å². The van der Waals surface area contributed by atoms with Crippen molar-refractivity contribution in [2.24, 2.45) is 0 Å². The smallest absolute Gasteiger partial charge is 0.257 e. The van der Waals surface area contributed by atoms with Gasteiger partial charge in [0, 0.05) is 16.5 Å². The molecule has 0 saturated carbocycles. The van der Waals surface area contributed by atoms with E-state index in [1.54, 1.807) is 18.2 Å². The lowest BCUT2D eigenvalue weighted by Crippen LogP contribution is -2.11. The molecule has 0 radical (unpaired) electrons. The molecule has 26 heavy (non-hydrogen) atoms. The van der Waals surface area contributed by atoms with Gasteiger partial charge in [-0.05, 0) is 29.7 Å². The van der Waals surface area contributed by atoms with Gasteiger partial charge in [-0.1, -0.05) is 38.1 Å². The molecule has 1 aliphatic rings. The van der Waals surface area contributed by atoms with Crippen molar-refractivity contribution in [3.05, 3.63) is 59.0 Å². The highest BCUT2D eigenvalue weighted by Gasteiger charge is 2.17. The molecule has 1 amide bonds. The Kier molecular flexibility index (Phi) is 4.34. The fraction of sp³-hybridized carbons (Fsp3) is 0.200. The van der Waals surface area contributed by atoms with Crippen LogP contribution in [-0.4, -0.2) is 17.7 Å². The Morgan fingerprint density at radius 1 is 1.12 bits per heavy atom. The van der Waals surface area contributed by atoms with E-state index in [0.29, 0.717) is 28.1 Å². The Morgan fingerprint density at radius 3 is 2.65 bits per heavy atom. The van der Waals surface area contributed by atoms with Gasteiger partial charge in [-0.3, -0.25) is 10.1 Å². The second-order valence-corrected chi connectivity index (χ2v) is 7.19. The Morgan fingerprint density at radius 2 is 1.88 bits per heavy atom. The van der Waals surface area contributed by atoms with Crippen molar-refractivity contribution in [1.82, 2.24) is 4.98 Å². The largest absolute Gasteiger partial charge is 0.454 e. The summed E-state index contributed by atoms with van der Waals surface area (Å²) < 4.78 is 10.6. The van der Waals surface area contributed by atoms with Crippen molar-refractivity contribution in [2.75, 3.05) is 12.1 Å². The first-order valence-electron chi connectivity index (χ1n) is 8.37. The number of hydrogen-bond donors (Lipinski definition) is 1. The number of benzene rings is 2. The van der Waals surface area contributed by atoms with Gasteiger partial charge in [-0.2, -0.15) is 0 Å². The first-order valence-corrected chi connectivity index (χ1v) is 9.25. The van der Waals surface area contributed by atoms with Crippen molar-refractivity contribution in [2.45, 2.75) is 19.8 Å². The number of carbonyl (C=O) groups is 1. The van der Waals surface area contributed by atoms with Crippen molar-refractivity contribution >= 4 is 22.4 Å². The van der Waals surface area contributed by atoms with Crippen LogP contribution in [0.4, 0.5) is 5.13 Å². The van der Waals surface area contributed by atoms with E-state index in [1.165, 1.54) is 16.9 Å². The van der Waals surface area contributed by atoms with Crippen molar-refractivity contribution < 1.29 is 14.3 Å². The van der Waals surface area contributed by atoms with Crippen LogP contribution >= 0.6 is 11.3 Å². The molecule has 1 aliphatic heterocycles. The van der Waals surface area contributed by atoms with Crippen molar-refractivity contribution in [3.63, 3.8) is 0 Å². The number of hydrogen-bond acceptors (Lipinski definition) is 5. The Hall–Kier alpha value is -2.86. The van der Waals surface area contributed by atoms with Crippen LogP contribution in [0.15, 0.2) is 47.8 Å². The topological polar surface area (TPSA) is 60.5 Å². The summed E-state index contributed by atoms with van der Waals surface area (Å²) in [6.45, 7) is 4.52. The number of fused-ring (bicyclic) bond motifs is 1. The molecule has 0 fully saturated rings. The van der Waals surface area contributed by atoms with E-state index in [4.69, 9.17) is 9.47 Å². The molecule has 4 rings (SSSR count). The molecule has 0 aliphatic carbocycles. The molecule has 1 aromatic heterocycles. The lowest BCUT2D eigenvalue weighted by atomic mass is 10.0. The van der Waals surface area contributed by atoms with E-state index in [0.717, 1.165) is 11.3 Å². The van der Waals surface area contributed by atoms with Crippen molar-refractivity contribution in [1.29, 1.82) is 0 Å². The average molecular weight is 366 g/mol. The standard InChI is InChI=1S/C20H18N2O3S/c1-12(2)13-3-5-14(6-4-13)16-10-26-20(21-16)22-19(23)15-7-8-17-18(9-15)25-11-24-17/h3-10,12H,11H2,1-2H3,(H,21,22,23). The maximum Gasteiger partial charge on any atom is 0.257 e. The summed E-state index contributed by atoms with van der Waals surface area (Å²) in [5, 5.41) is 5.35. The van der Waals surface area contributed by atoms with E-state index in [-0.39, 0.29) is 12.7 Å². The van der Waals surface area contributed by atoms with Gasteiger partial charge in [0.05, 0.1) is 5.69 Å². The first-order chi connectivity index (χ1) is 12.6. The minimum absolute atomic E-state index is 0.186. The molecule has 0 spiro atoms. The fourth-order valence-corrected chi connectivity index (χ4v) is 3.42. The number of thiazole rings is 1. The monoisotopic (exact) mass is 366 g/mol. The predicted octanol–water partition coefficient (Wildman–Crippen LogP) is 4.91. The summed E-state index contributed by atoms with van der Waals surface area (Å²) in [4.78, 5) is 17.0. The number of carbonyl (C=O) groups excluding carboxylic acids is 1. The molecule has 0 saturated heterocycles. The van der Waals surface area contributed by atoms with Crippen LogP contribution in [0, 0.1) is 0 Å². The van der Waals surface area contributed by atoms with Gasteiger partial charge in [0.25, 0.3) is 5.91 Å². The van der Waals surface area contributed by atoms with Gasteiger partial charge < -0.3 is 9.47 Å². The molecule has 0 atom stereocenters. The zero-order chi connectivity index (χ0) is 18.1. The number of anilines is 1. The van der Waals surface area contributed by atoms with Gasteiger partial charge in [0.15, 0.2) is 16.6 Å². The van der Waals surface area contributed by atoms with E-state index in [2.05, 4.69) is 48.4 Å². The zero-order valence-electron chi connectivity index (χ0n) is 14.5. The number of nitrogens with one attached hydrogen (secondary N) is 1. The van der Waals surface area contributed by atoms with Crippen LogP contribution in [0.3, 0.4) is 0 Å². The third kappa shape index (κ3) is 3.28. The van der Waals surface area contributed by atoms with Gasteiger partial charge in [-0.25, -0.2) is 4.98 Å². The molecular weight excluding hydrogens is 348 g/mol. The van der Waals surface area contributed by atoms with E-state index < -0.39 is 0 Å². The minimum Gasteiger partial charge on any atom is -0.454 e. The summed E-state index contributed by atoms with van der Waals surface area (Å²) >= 11 is 1.40. The highest BCUT2D eigenvalue weighted by atomic mass is 32.1. The second-order valence-electron chi connectivity index (χ2n) is 6.34. The van der Waals surface area contributed by atoms with Crippen LogP contribution in [0.25, 0.3) is 11.3 Å². The summed E-state index contributed by atoms with van der Waals surface area (Å²) in [7, 11) is 0. The number of rotatable bonds is 4. The van der Waals surface area contributed by atoms with Crippen molar-refractivity contribution in [3.8, 4) is 22.8 Å². The Bertz CT molecular complexity index is 948. The summed E-state index contributed by atoms with van der Waals surface area (Å²) in [6, 6.07) is 13.5. The number of ether oxygens (including phenoxy) is 2. The quantitative estimate of drug-likeness (QED) is 0.712. The summed E-state index contributed by atoms with van der Waals surface area (Å²) in [5.74, 6) is 1.51. The summed E-state index contributed by atoms with van der Waals surface area (Å²) in [5.41, 5.74) is 3.69. The molecule has 132 valence electrons. The molecule has 5 nitrogen and oxygen atoms in total. The second kappa shape index (κ2) is 6.80. The number of aromatic nitrogens is 1. The van der Waals surface area contributed by atoms with Gasteiger partial charge in [0.1, 0.15) is 0 Å². The molecular formula is C20H18N2O3S. The Labute approximate surface area is 155 Å². The Balaban J connectivity index is 1.48. The number of amides is 1. The maximum absolute atomic E-state index is 12.4. The maximum atomic E-state index is 12.4. The summed E-state index contributed by atoms with van der Waals surface area (Å²) in [6.07, 6.45) is 0. The van der Waals surface area contributed by atoms with Crippen LogP contribution < -0.4 is 14.8 Å². The lowest BCUT2D eigenvalue weighted by molar-refractivity contribution is 0.102. The highest BCUT2D eigenvalue weighted by molar-refractivity contribution is 7.14. The molecule has 0 unspecified atom stereocenters. The van der Waals surface area contributed by atoms with E-state index in [1.807, 2.05) is 5.38 Å². The molecule has 3 aromatic rings. The molecule has 0 bridgehead atoms. The van der Waals surface area contributed by atoms with Gasteiger partial charge >= 0.3 is 0 Å². The third-order valence-electron chi connectivity index (χ3n) is 4.23. The average Bonchev–Trinajstić information content (AvgIpc) is 3.30. The fourth-order valence-electron chi connectivity index (χ4n) is 2.71. The molecule has 6 heteroatoms. The van der Waals surface area contributed by atoms with E-state index >= 15 is 0 Å². The van der Waals surface area contributed by atoms with Gasteiger partial charge in [-0.15, -0.1) is 11.3 Å². The van der Waals surface area contributed by atoms with Crippen LogP contribution in [0.1, 0.15) is 35.7 Å².